The molecule has 2 aliphatic heterocycles. The van der Waals surface area contributed by atoms with Crippen molar-refractivity contribution in [3.05, 3.63) is 64.2 Å². The minimum absolute atomic E-state index is 0.0189. The lowest BCUT2D eigenvalue weighted by Crippen LogP contribution is -2.52. The van der Waals surface area contributed by atoms with Crippen molar-refractivity contribution in [2.45, 2.75) is 43.2 Å². The van der Waals surface area contributed by atoms with Gasteiger partial charge >= 0.3 is 0 Å². The number of ether oxygens (including phenoxy) is 1. The van der Waals surface area contributed by atoms with Crippen LogP contribution in [0.5, 0.6) is 5.75 Å². The average molecular weight is 540 g/mol. The summed E-state index contributed by atoms with van der Waals surface area (Å²) in [5.74, 6) is 9.14. The molecule has 10 nitrogen and oxygen atoms in total. The Morgan fingerprint density at radius 2 is 1.82 bits per heavy atom. The Labute approximate surface area is 229 Å². The number of carbonyl (C=O) groups is 3. The zero-order valence-corrected chi connectivity index (χ0v) is 21.5. The van der Waals surface area contributed by atoms with Crippen LogP contribution in [0.3, 0.4) is 0 Å². The van der Waals surface area contributed by atoms with Crippen LogP contribution < -0.4 is 16.4 Å². The summed E-state index contributed by atoms with van der Waals surface area (Å²) in [7, 11) is 0. The van der Waals surface area contributed by atoms with Crippen LogP contribution >= 0.6 is 0 Å². The fourth-order valence-corrected chi connectivity index (χ4v) is 6.08. The van der Waals surface area contributed by atoms with Crippen molar-refractivity contribution in [1.82, 2.24) is 0 Å². The van der Waals surface area contributed by atoms with E-state index in [9.17, 15) is 24.6 Å². The van der Waals surface area contributed by atoms with E-state index in [1.807, 2.05) is 13.8 Å². The predicted octanol–water partition coefficient (Wildman–Crippen LogP) is 0.778. The number of carbonyl (C=O) groups excluding carboxylic acids is 3. The number of nitrogens with two attached hydrogens (primary N) is 1. The molecule has 1 fully saturated rings. The molecule has 10 heteroatoms. The number of aromatic hydroxyl groups is 1. The average Bonchev–Trinajstić information content (AvgIpc) is 3.66. The number of ketones is 2. The van der Waals surface area contributed by atoms with Gasteiger partial charge in [0.25, 0.3) is 0 Å². The van der Waals surface area contributed by atoms with Crippen LogP contribution in [0.25, 0.3) is 0 Å². The number of phenolic OH excluding ortho intramolecular Hbond substituents is 1. The summed E-state index contributed by atoms with van der Waals surface area (Å²) in [5, 5.41) is 37.5. The summed E-state index contributed by atoms with van der Waals surface area (Å²) < 4.78 is 6.39. The van der Waals surface area contributed by atoms with Crippen molar-refractivity contribution in [3.63, 3.8) is 0 Å². The number of epoxide rings is 1. The van der Waals surface area contributed by atoms with Gasteiger partial charge in [0, 0.05) is 22.4 Å². The molecule has 0 spiro atoms. The molecule has 40 heavy (non-hydrogen) atoms. The summed E-state index contributed by atoms with van der Waals surface area (Å²) >= 11 is 0. The maximum Gasteiger partial charge on any atom is 0.243 e. The quantitative estimate of drug-likeness (QED) is 0.159. The van der Waals surface area contributed by atoms with E-state index in [0.717, 1.165) is 0 Å². The number of fused-ring (bicyclic) bond motifs is 4. The van der Waals surface area contributed by atoms with Gasteiger partial charge in [0.15, 0.2) is 23.3 Å². The minimum atomic E-state index is -1.41. The first-order chi connectivity index (χ1) is 19.1. The Bertz CT molecular complexity index is 1690. The number of amides is 1. The Kier molecular flexibility index (Phi) is 5.67. The van der Waals surface area contributed by atoms with Crippen molar-refractivity contribution in [3.8, 4) is 29.4 Å². The van der Waals surface area contributed by atoms with Gasteiger partial charge in [-0.15, -0.1) is 0 Å². The molecule has 2 aromatic carbocycles. The fourth-order valence-electron chi connectivity index (χ4n) is 6.08. The molecule has 5 atom stereocenters. The SMILES string of the molecule is CC(C)[C@@]12O[C@]13c1cc(O)c4c(c1N[C@H]2C#C/C=C\C#C[C@H]3O)C(=O)c1ccc(NC(=O)[C@@H](N)CO)cc1C4=O. The molecule has 0 aromatic heterocycles. The summed E-state index contributed by atoms with van der Waals surface area (Å²) in [4.78, 5) is 39.8. The van der Waals surface area contributed by atoms with Crippen LogP contribution in [-0.4, -0.2) is 63.2 Å². The van der Waals surface area contributed by atoms with Crippen LogP contribution in [-0.2, 0) is 15.1 Å². The number of hydrogen-bond donors (Lipinski definition) is 6. The van der Waals surface area contributed by atoms with Gasteiger partial charge in [-0.2, -0.15) is 0 Å². The second kappa shape index (κ2) is 8.78. The predicted molar refractivity (Wildman–Crippen MR) is 144 cm³/mol. The highest BCUT2D eigenvalue weighted by Gasteiger charge is 2.81. The molecule has 2 aliphatic carbocycles. The highest BCUT2D eigenvalue weighted by Crippen LogP contribution is 2.68. The minimum Gasteiger partial charge on any atom is -0.507 e. The van der Waals surface area contributed by atoms with E-state index < -0.39 is 59.2 Å². The molecule has 0 unspecified atom stereocenters. The van der Waals surface area contributed by atoms with E-state index in [1.165, 1.54) is 30.3 Å². The third-order valence-corrected chi connectivity index (χ3v) is 8.00. The zero-order valence-electron chi connectivity index (χ0n) is 21.5. The van der Waals surface area contributed by atoms with Gasteiger partial charge in [0.1, 0.15) is 23.4 Å². The molecule has 6 rings (SSSR count). The van der Waals surface area contributed by atoms with Crippen molar-refractivity contribution in [2.24, 2.45) is 11.7 Å². The van der Waals surface area contributed by atoms with E-state index >= 15 is 0 Å². The van der Waals surface area contributed by atoms with Gasteiger partial charge in [-0.3, -0.25) is 14.4 Å². The second-order valence-electron chi connectivity index (χ2n) is 10.4. The van der Waals surface area contributed by atoms with Gasteiger partial charge in [0.2, 0.25) is 5.91 Å². The second-order valence-corrected chi connectivity index (χ2v) is 10.4. The number of rotatable bonds is 4. The van der Waals surface area contributed by atoms with Crippen LogP contribution in [0.1, 0.15) is 51.3 Å². The lowest BCUT2D eigenvalue weighted by Gasteiger charge is -2.38. The molecule has 202 valence electrons. The first kappa shape index (κ1) is 25.8. The summed E-state index contributed by atoms with van der Waals surface area (Å²) in [5.41, 5.74) is 3.65. The molecule has 1 saturated heterocycles. The molecule has 1 amide bonds. The number of aliphatic hydroxyl groups excluding tert-OH is 2. The van der Waals surface area contributed by atoms with Crippen molar-refractivity contribution >= 4 is 28.8 Å². The maximum atomic E-state index is 14.0. The van der Waals surface area contributed by atoms with Crippen molar-refractivity contribution in [2.75, 3.05) is 17.2 Å². The zero-order chi connectivity index (χ0) is 28.6. The number of aliphatic hydroxyl groups is 2. The monoisotopic (exact) mass is 539 g/mol. The third kappa shape index (κ3) is 3.25. The van der Waals surface area contributed by atoms with Crippen LogP contribution in [0.2, 0.25) is 0 Å². The van der Waals surface area contributed by atoms with E-state index in [0.29, 0.717) is 5.56 Å². The Morgan fingerprint density at radius 3 is 2.52 bits per heavy atom. The van der Waals surface area contributed by atoms with Crippen LogP contribution in [0, 0.1) is 29.6 Å². The molecule has 2 aromatic rings. The number of anilines is 2. The third-order valence-electron chi connectivity index (χ3n) is 8.00. The summed E-state index contributed by atoms with van der Waals surface area (Å²) in [6.45, 7) is 3.29. The fraction of sp³-hybridized carbons (Fsp3) is 0.300. The molecule has 2 heterocycles. The Hall–Kier alpha value is -4.45. The van der Waals surface area contributed by atoms with Gasteiger partial charge in [-0.05, 0) is 42.3 Å². The number of phenols is 1. The van der Waals surface area contributed by atoms with Crippen LogP contribution in [0.15, 0.2) is 36.4 Å². The highest BCUT2D eigenvalue weighted by atomic mass is 16.6. The maximum absolute atomic E-state index is 14.0. The van der Waals surface area contributed by atoms with Crippen molar-refractivity contribution in [1.29, 1.82) is 0 Å². The van der Waals surface area contributed by atoms with Gasteiger partial charge in [0.05, 0.1) is 23.4 Å². The van der Waals surface area contributed by atoms with Gasteiger partial charge in [-0.25, -0.2) is 0 Å². The summed E-state index contributed by atoms with van der Waals surface area (Å²) in [6.07, 6.45) is 1.76. The van der Waals surface area contributed by atoms with E-state index in [-0.39, 0.29) is 39.5 Å². The Balaban J connectivity index is 1.53. The molecular weight excluding hydrogens is 514 g/mol. The molecule has 0 radical (unpaired) electrons. The topological polar surface area (TPSA) is 175 Å². The van der Waals surface area contributed by atoms with Gasteiger partial charge in [-0.1, -0.05) is 37.5 Å². The molecule has 2 bridgehead atoms. The van der Waals surface area contributed by atoms with Crippen LogP contribution in [0.4, 0.5) is 11.4 Å². The lowest BCUT2D eigenvalue weighted by molar-refractivity contribution is -0.118. The standard InChI is InChI=1S/C30H25N3O7/c1-14(2)29-21-7-5-3-4-6-8-22(36)30(29,40-29)18-12-20(35)23-24(25(18)33-21)26(37)16-10-9-15(11-17(16)27(23)38)32-28(39)19(31)13-34/h3-4,9-12,14,19,21-22,33-36H,13,31H2,1-2H3,(H,32,39)/b4-3-/t19-,21-,22+,29-,30-/m0/s1. The summed E-state index contributed by atoms with van der Waals surface area (Å²) in [6, 6.07) is 3.67. The lowest BCUT2D eigenvalue weighted by atomic mass is 9.67. The van der Waals surface area contributed by atoms with Crippen molar-refractivity contribution < 1.29 is 34.4 Å². The van der Waals surface area contributed by atoms with Gasteiger partial charge < -0.3 is 36.4 Å². The molecule has 4 aliphatic rings. The number of hydrogen-bond acceptors (Lipinski definition) is 9. The first-order valence-electron chi connectivity index (χ1n) is 12.7. The highest BCUT2D eigenvalue weighted by molar-refractivity contribution is 6.31. The molecule has 0 saturated carbocycles. The number of benzene rings is 2. The molecular formula is C30H25N3O7. The van der Waals surface area contributed by atoms with E-state index in [4.69, 9.17) is 15.6 Å². The largest absolute Gasteiger partial charge is 0.507 e. The number of allylic oxidation sites excluding steroid dienone is 2. The number of nitrogens with one attached hydrogen (secondary N) is 2. The molecule has 7 N–H and O–H groups in total. The first-order valence-corrected chi connectivity index (χ1v) is 12.7. The normalized spacial score (nSPS) is 28.1. The van der Waals surface area contributed by atoms with E-state index in [1.54, 1.807) is 6.08 Å². The van der Waals surface area contributed by atoms with E-state index in [2.05, 4.69) is 34.3 Å². The Morgan fingerprint density at radius 1 is 1.12 bits per heavy atom. The smallest absolute Gasteiger partial charge is 0.243 e.